The first-order chi connectivity index (χ1) is 9.35. The third kappa shape index (κ3) is 3.05. The average Bonchev–Trinajstić information content (AvgIpc) is 3.10. The van der Waals surface area contributed by atoms with Gasteiger partial charge in [-0.25, -0.2) is 4.98 Å². The van der Waals surface area contributed by atoms with E-state index in [1.807, 2.05) is 17.5 Å². The van der Waals surface area contributed by atoms with Crippen LogP contribution in [0.2, 0.25) is 0 Å². The Morgan fingerprint density at radius 2 is 2.05 bits per heavy atom. The van der Waals surface area contributed by atoms with Crippen molar-refractivity contribution in [1.82, 2.24) is 14.8 Å². The second kappa shape index (κ2) is 5.86. The summed E-state index contributed by atoms with van der Waals surface area (Å²) in [5.74, 6) is 0.747. The fourth-order valence-electron chi connectivity index (χ4n) is 2.39. The number of likely N-dealkylation sites (N-methyl/N-ethyl adjacent to an activating group) is 1. The van der Waals surface area contributed by atoms with Crippen LogP contribution in [0.1, 0.15) is 12.6 Å². The van der Waals surface area contributed by atoms with Gasteiger partial charge < -0.3 is 9.32 Å². The summed E-state index contributed by atoms with van der Waals surface area (Å²) < 4.78 is 5.56. The summed E-state index contributed by atoms with van der Waals surface area (Å²) in [7, 11) is 0. The Labute approximate surface area is 117 Å². The quantitative estimate of drug-likeness (QED) is 0.860. The molecular formula is C14H19N3OS. The van der Waals surface area contributed by atoms with Crippen LogP contribution >= 0.6 is 11.3 Å². The topological polar surface area (TPSA) is 32.5 Å². The highest BCUT2D eigenvalue weighted by Crippen LogP contribution is 2.24. The summed E-state index contributed by atoms with van der Waals surface area (Å²) in [4.78, 5) is 10.6. The number of piperazine rings is 1. The molecule has 4 nitrogen and oxygen atoms in total. The average molecular weight is 277 g/mol. The van der Waals surface area contributed by atoms with Gasteiger partial charge in [-0.2, -0.15) is 0 Å². The summed E-state index contributed by atoms with van der Waals surface area (Å²) in [6.07, 6.45) is 1.79. The summed E-state index contributed by atoms with van der Waals surface area (Å²) in [6.45, 7) is 8.83. The molecule has 0 saturated carbocycles. The molecule has 2 aromatic heterocycles. The molecule has 1 fully saturated rings. The zero-order valence-electron chi connectivity index (χ0n) is 11.2. The van der Waals surface area contributed by atoms with Gasteiger partial charge in [-0.15, -0.1) is 11.3 Å². The number of nitrogens with zero attached hydrogens (tertiary/aromatic N) is 3. The van der Waals surface area contributed by atoms with Crippen LogP contribution in [0.15, 0.2) is 28.2 Å². The lowest BCUT2D eigenvalue weighted by Gasteiger charge is -2.33. The molecule has 3 heterocycles. The molecular weight excluding hydrogens is 258 g/mol. The minimum absolute atomic E-state index is 0.747. The highest BCUT2D eigenvalue weighted by atomic mass is 32.1. The van der Waals surface area contributed by atoms with E-state index in [4.69, 9.17) is 4.42 Å². The van der Waals surface area contributed by atoms with E-state index in [2.05, 4.69) is 21.7 Å². The van der Waals surface area contributed by atoms with E-state index < -0.39 is 0 Å². The van der Waals surface area contributed by atoms with Crippen LogP contribution in [0.5, 0.6) is 0 Å². The lowest BCUT2D eigenvalue weighted by molar-refractivity contribution is 0.131. The van der Waals surface area contributed by atoms with Gasteiger partial charge in [0.25, 0.3) is 0 Å². The molecule has 1 aliphatic heterocycles. The second-order valence-electron chi connectivity index (χ2n) is 4.83. The molecule has 102 valence electrons. The van der Waals surface area contributed by atoms with Crippen molar-refractivity contribution in [3.05, 3.63) is 29.5 Å². The maximum atomic E-state index is 5.56. The Kier molecular flexibility index (Phi) is 3.96. The van der Waals surface area contributed by atoms with E-state index in [9.17, 15) is 0 Å². The Morgan fingerprint density at radius 3 is 2.74 bits per heavy atom. The van der Waals surface area contributed by atoms with Crippen molar-refractivity contribution in [2.75, 3.05) is 32.7 Å². The molecule has 2 aromatic rings. The van der Waals surface area contributed by atoms with E-state index in [1.165, 1.54) is 0 Å². The van der Waals surface area contributed by atoms with Gasteiger partial charge in [-0.3, -0.25) is 4.90 Å². The molecule has 0 spiro atoms. The van der Waals surface area contributed by atoms with Crippen LogP contribution in [0.4, 0.5) is 0 Å². The van der Waals surface area contributed by atoms with Crippen LogP contribution in [-0.4, -0.2) is 47.5 Å². The van der Waals surface area contributed by atoms with Gasteiger partial charge in [-0.1, -0.05) is 13.0 Å². The number of aromatic nitrogens is 1. The lowest BCUT2D eigenvalue weighted by atomic mass is 10.3. The van der Waals surface area contributed by atoms with Gasteiger partial charge in [0.05, 0.1) is 10.6 Å². The zero-order chi connectivity index (χ0) is 13.1. The minimum Gasteiger partial charge on any atom is -0.444 e. The Bertz CT molecular complexity index is 501. The summed E-state index contributed by atoms with van der Waals surface area (Å²) in [5.41, 5.74) is 1.04. The summed E-state index contributed by atoms with van der Waals surface area (Å²) in [6, 6.07) is 4.06. The van der Waals surface area contributed by atoms with E-state index in [-0.39, 0.29) is 0 Å². The Hall–Kier alpha value is -1.17. The normalized spacial score (nSPS) is 17.9. The van der Waals surface area contributed by atoms with Gasteiger partial charge in [0.15, 0.2) is 0 Å². The molecule has 1 saturated heterocycles. The SMILES string of the molecule is CCN1CCN(Cc2coc(-c3cccs3)n2)CC1. The van der Waals surface area contributed by atoms with Gasteiger partial charge in [0.2, 0.25) is 5.89 Å². The number of oxazole rings is 1. The molecule has 0 amide bonds. The maximum Gasteiger partial charge on any atom is 0.236 e. The van der Waals surface area contributed by atoms with Gasteiger partial charge >= 0.3 is 0 Å². The molecule has 0 bridgehead atoms. The molecule has 0 unspecified atom stereocenters. The number of hydrogen-bond donors (Lipinski definition) is 0. The molecule has 0 aliphatic carbocycles. The predicted octanol–water partition coefficient (Wildman–Crippen LogP) is 2.54. The first-order valence-corrected chi connectivity index (χ1v) is 7.66. The highest BCUT2D eigenvalue weighted by Gasteiger charge is 2.17. The van der Waals surface area contributed by atoms with Gasteiger partial charge in [0, 0.05) is 32.7 Å². The monoisotopic (exact) mass is 277 g/mol. The largest absolute Gasteiger partial charge is 0.444 e. The molecule has 0 N–H and O–H groups in total. The summed E-state index contributed by atoms with van der Waals surface area (Å²) in [5, 5.41) is 2.04. The molecule has 1 aliphatic rings. The van der Waals surface area contributed by atoms with E-state index in [0.29, 0.717) is 0 Å². The standard InChI is InChI=1S/C14H19N3OS/c1-2-16-5-7-17(8-6-16)10-12-11-18-14(15-12)13-4-3-9-19-13/h3-4,9,11H,2,5-8,10H2,1H3. The van der Waals surface area contributed by atoms with Gasteiger partial charge in [0.1, 0.15) is 6.26 Å². The van der Waals surface area contributed by atoms with Crippen molar-refractivity contribution in [2.45, 2.75) is 13.5 Å². The zero-order valence-corrected chi connectivity index (χ0v) is 12.0. The molecule has 19 heavy (non-hydrogen) atoms. The van der Waals surface area contributed by atoms with Crippen LogP contribution in [0.25, 0.3) is 10.8 Å². The predicted molar refractivity (Wildman–Crippen MR) is 77.2 cm³/mol. The van der Waals surface area contributed by atoms with Crippen molar-refractivity contribution in [1.29, 1.82) is 0 Å². The second-order valence-corrected chi connectivity index (χ2v) is 5.78. The highest BCUT2D eigenvalue weighted by molar-refractivity contribution is 7.13. The van der Waals surface area contributed by atoms with Crippen molar-refractivity contribution < 1.29 is 4.42 Å². The first kappa shape index (κ1) is 12.8. The molecule has 0 radical (unpaired) electrons. The van der Waals surface area contributed by atoms with E-state index in [0.717, 1.165) is 55.7 Å². The number of thiophene rings is 1. The van der Waals surface area contributed by atoms with Crippen LogP contribution in [0.3, 0.4) is 0 Å². The van der Waals surface area contributed by atoms with Crippen molar-refractivity contribution in [3.63, 3.8) is 0 Å². The smallest absolute Gasteiger partial charge is 0.236 e. The molecule has 0 aromatic carbocycles. The number of rotatable bonds is 4. The molecule has 3 rings (SSSR count). The van der Waals surface area contributed by atoms with E-state index in [1.54, 1.807) is 17.6 Å². The van der Waals surface area contributed by atoms with Crippen molar-refractivity contribution >= 4 is 11.3 Å². The first-order valence-electron chi connectivity index (χ1n) is 6.78. The van der Waals surface area contributed by atoms with Gasteiger partial charge in [-0.05, 0) is 18.0 Å². The van der Waals surface area contributed by atoms with Crippen LogP contribution in [-0.2, 0) is 6.54 Å². The van der Waals surface area contributed by atoms with Crippen molar-refractivity contribution in [3.8, 4) is 10.8 Å². The number of hydrogen-bond acceptors (Lipinski definition) is 5. The third-order valence-corrected chi connectivity index (χ3v) is 4.44. The van der Waals surface area contributed by atoms with E-state index >= 15 is 0 Å². The Morgan fingerprint density at radius 1 is 1.26 bits per heavy atom. The van der Waals surface area contributed by atoms with Crippen molar-refractivity contribution in [2.24, 2.45) is 0 Å². The third-order valence-electron chi connectivity index (χ3n) is 3.58. The van der Waals surface area contributed by atoms with Crippen LogP contribution in [0, 0.1) is 0 Å². The van der Waals surface area contributed by atoms with Crippen LogP contribution < -0.4 is 0 Å². The minimum atomic E-state index is 0.747. The molecule has 0 atom stereocenters. The Balaban J connectivity index is 1.59. The summed E-state index contributed by atoms with van der Waals surface area (Å²) >= 11 is 1.66. The maximum absolute atomic E-state index is 5.56. The molecule has 5 heteroatoms. The fraction of sp³-hybridized carbons (Fsp3) is 0.500. The lowest BCUT2D eigenvalue weighted by Crippen LogP contribution is -2.45. The fourth-order valence-corrected chi connectivity index (χ4v) is 3.04.